The molecule has 0 saturated carbocycles. The van der Waals surface area contributed by atoms with Gasteiger partial charge in [-0.2, -0.15) is 0 Å². The summed E-state index contributed by atoms with van der Waals surface area (Å²) < 4.78 is 7.35. The van der Waals surface area contributed by atoms with Crippen molar-refractivity contribution in [3.05, 3.63) is 95.0 Å². The Balaban J connectivity index is 0.000000413. The number of fused-ring (bicyclic) bond motifs is 4. The number of pyridine rings is 2. The molecule has 0 unspecified atom stereocenters. The summed E-state index contributed by atoms with van der Waals surface area (Å²) in [5.41, 5.74) is 9.36. The Morgan fingerprint density at radius 1 is 1.00 bits per heavy atom. The topological polar surface area (TPSA) is 76.2 Å². The van der Waals surface area contributed by atoms with E-state index in [9.17, 15) is 4.79 Å². The summed E-state index contributed by atoms with van der Waals surface area (Å²) in [6, 6.07) is 20.3. The molecule has 0 amide bonds. The second-order valence-corrected chi connectivity index (χ2v) is 11.0. The van der Waals surface area contributed by atoms with E-state index in [1.54, 1.807) is 11.3 Å². The molecule has 0 aliphatic heterocycles. The van der Waals surface area contributed by atoms with E-state index in [1.165, 1.54) is 57.1 Å². The van der Waals surface area contributed by atoms with Crippen LogP contribution in [-0.2, 0) is 24.9 Å². The second-order valence-electron chi connectivity index (χ2n) is 9.89. The van der Waals surface area contributed by atoms with Gasteiger partial charge in [0.1, 0.15) is 0 Å². The maximum atomic E-state index is 10.0. The number of aliphatic hydroxyl groups excluding tert-OH is 1. The Morgan fingerprint density at radius 3 is 2.38 bits per heavy atom. The Labute approximate surface area is 250 Å². The molecule has 205 valence electrons. The molecule has 0 bridgehead atoms. The summed E-state index contributed by atoms with van der Waals surface area (Å²) in [5, 5.41) is 11.6. The number of furan rings is 1. The van der Waals surface area contributed by atoms with Gasteiger partial charge >= 0.3 is 0 Å². The van der Waals surface area contributed by atoms with E-state index in [2.05, 4.69) is 62.2 Å². The molecule has 0 fully saturated rings. The third kappa shape index (κ3) is 5.92. The van der Waals surface area contributed by atoms with Gasteiger partial charge in [-0.05, 0) is 87.5 Å². The van der Waals surface area contributed by atoms with Crippen LogP contribution in [0.15, 0.2) is 71.0 Å². The largest absolute Gasteiger partial charge is 0.512 e. The first-order valence-electron chi connectivity index (χ1n) is 12.7. The Morgan fingerprint density at radius 2 is 1.73 bits per heavy atom. The molecule has 0 aliphatic rings. The standard InChI is InChI=1S/C28H21N2OS.C5H8O2.Ir/c1-15-10-16(2)26(17(3)11-15)24-13-19-12-23(29-14-25(19)32-24)22-7-5-6-20-21-9-8-18(4)30-28(21)31-27(20)22;1-4(6)3-5(2)7;/h5-6,8-14H,1-4H3;3,6H,1-2H3;/q-1;;/b;4-3-;. The number of aliphatic hydroxyl groups is 1. The average Bonchev–Trinajstić information content (AvgIpc) is 3.42. The molecule has 4 heterocycles. The molecule has 40 heavy (non-hydrogen) atoms. The number of rotatable bonds is 3. The maximum Gasteiger partial charge on any atom is 0.216 e. The summed E-state index contributed by atoms with van der Waals surface area (Å²) in [7, 11) is 0. The molecule has 7 heteroatoms. The van der Waals surface area contributed by atoms with Crippen LogP contribution in [0, 0.1) is 33.8 Å². The van der Waals surface area contributed by atoms with Crippen molar-refractivity contribution in [2.75, 3.05) is 0 Å². The van der Waals surface area contributed by atoms with Crippen molar-refractivity contribution in [1.29, 1.82) is 0 Å². The van der Waals surface area contributed by atoms with E-state index in [1.807, 2.05) is 31.3 Å². The van der Waals surface area contributed by atoms with Gasteiger partial charge in [0.25, 0.3) is 0 Å². The van der Waals surface area contributed by atoms with Gasteiger partial charge in [0.2, 0.25) is 5.71 Å². The van der Waals surface area contributed by atoms with Crippen LogP contribution in [0.2, 0.25) is 0 Å². The monoisotopic (exact) mass is 726 g/mol. The normalized spacial score (nSPS) is 11.4. The fourth-order valence-corrected chi connectivity index (χ4v) is 6.16. The quantitative estimate of drug-likeness (QED) is 0.112. The number of hydrogen-bond donors (Lipinski definition) is 1. The van der Waals surface area contributed by atoms with Gasteiger partial charge in [-0.15, -0.1) is 29.5 Å². The minimum atomic E-state index is -0.125. The number of allylic oxidation sites excluding steroid dienone is 2. The molecular formula is C33H29IrN2O3S-. The van der Waals surface area contributed by atoms with Gasteiger partial charge in [0, 0.05) is 48.3 Å². The number of nitrogens with zero attached hydrogens (tertiary/aromatic N) is 2. The molecule has 1 radical (unpaired) electrons. The molecule has 0 saturated heterocycles. The SMILES string of the molecule is CC(=O)/C=C(/C)O.Cc1cc(C)c(-c2cc3cc(-c4[c-]ccc5c4oc4nc(C)ccc45)ncc3s2)c(C)c1.[Ir]. The van der Waals surface area contributed by atoms with Crippen molar-refractivity contribution in [2.24, 2.45) is 0 Å². The van der Waals surface area contributed by atoms with Crippen LogP contribution < -0.4 is 0 Å². The first-order chi connectivity index (χ1) is 18.6. The van der Waals surface area contributed by atoms with Crippen LogP contribution in [0.4, 0.5) is 0 Å². The van der Waals surface area contributed by atoms with Gasteiger partial charge < -0.3 is 14.5 Å². The molecule has 2 aromatic carbocycles. The zero-order chi connectivity index (χ0) is 27.8. The predicted molar refractivity (Wildman–Crippen MR) is 160 cm³/mol. The molecule has 6 rings (SSSR count). The number of benzene rings is 2. The third-order valence-corrected chi connectivity index (χ3v) is 7.54. The van der Waals surface area contributed by atoms with E-state index in [0.717, 1.165) is 33.3 Å². The fourth-order valence-electron chi connectivity index (χ4n) is 4.97. The van der Waals surface area contributed by atoms with Crippen molar-refractivity contribution in [2.45, 2.75) is 41.5 Å². The number of hydrogen-bond acceptors (Lipinski definition) is 6. The number of ketones is 1. The smallest absolute Gasteiger partial charge is 0.216 e. The maximum absolute atomic E-state index is 10.0. The summed E-state index contributed by atoms with van der Waals surface area (Å²) in [4.78, 5) is 20.6. The van der Waals surface area contributed by atoms with Crippen LogP contribution >= 0.6 is 11.3 Å². The van der Waals surface area contributed by atoms with Gasteiger partial charge in [0.05, 0.1) is 16.0 Å². The van der Waals surface area contributed by atoms with E-state index < -0.39 is 0 Å². The zero-order valence-electron chi connectivity index (χ0n) is 23.2. The molecule has 1 N–H and O–H groups in total. The summed E-state index contributed by atoms with van der Waals surface area (Å²) in [6.45, 7) is 11.4. The van der Waals surface area contributed by atoms with Crippen molar-refractivity contribution in [1.82, 2.24) is 9.97 Å². The van der Waals surface area contributed by atoms with E-state index in [0.29, 0.717) is 5.71 Å². The molecule has 4 aromatic heterocycles. The van der Waals surface area contributed by atoms with Gasteiger partial charge in [0.15, 0.2) is 5.78 Å². The molecule has 0 aliphatic carbocycles. The molecular weight excluding hydrogens is 697 g/mol. The molecule has 6 aromatic rings. The van der Waals surface area contributed by atoms with Crippen molar-refractivity contribution in [3.63, 3.8) is 0 Å². The third-order valence-electron chi connectivity index (χ3n) is 6.43. The first kappa shape index (κ1) is 29.3. The van der Waals surface area contributed by atoms with E-state index in [4.69, 9.17) is 14.5 Å². The van der Waals surface area contributed by atoms with E-state index in [-0.39, 0.29) is 31.6 Å². The minimum absolute atomic E-state index is 0. The number of aryl methyl sites for hydroxylation is 4. The van der Waals surface area contributed by atoms with Crippen molar-refractivity contribution >= 4 is 49.3 Å². The van der Waals surface area contributed by atoms with Crippen LogP contribution in [0.1, 0.15) is 36.2 Å². The number of aromatic nitrogens is 2. The average molecular weight is 726 g/mol. The zero-order valence-corrected chi connectivity index (χ0v) is 26.4. The van der Waals surface area contributed by atoms with E-state index >= 15 is 0 Å². The minimum Gasteiger partial charge on any atom is -0.512 e. The summed E-state index contributed by atoms with van der Waals surface area (Å²) in [6.07, 6.45) is 3.13. The Bertz CT molecular complexity index is 1890. The van der Waals surface area contributed by atoms with Gasteiger partial charge in [-0.25, -0.2) is 4.98 Å². The second kappa shape index (κ2) is 11.8. The van der Waals surface area contributed by atoms with Crippen LogP contribution in [0.3, 0.4) is 0 Å². The predicted octanol–water partition coefficient (Wildman–Crippen LogP) is 8.99. The molecule has 5 nitrogen and oxygen atoms in total. The van der Waals surface area contributed by atoms with Crippen molar-refractivity contribution < 1.29 is 34.4 Å². The number of carbonyl (C=O) groups excluding carboxylic acids is 1. The van der Waals surface area contributed by atoms with Crippen LogP contribution in [-0.4, -0.2) is 20.9 Å². The summed E-state index contributed by atoms with van der Waals surface area (Å²) >= 11 is 1.79. The van der Waals surface area contributed by atoms with Crippen molar-refractivity contribution in [3.8, 4) is 21.7 Å². The van der Waals surface area contributed by atoms with Gasteiger partial charge in [-0.3, -0.25) is 4.79 Å². The first-order valence-corrected chi connectivity index (χ1v) is 13.5. The Hall–Kier alpha value is -3.64. The van der Waals surface area contributed by atoms with Crippen LogP contribution in [0.5, 0.6) is 0 Å². The summed E-state index contributed by atoms with van der Waals surface area (Å²) in [5.74, 6) is -0.0625. The van der Waals surface area contributed by atoms with Crippen LogP contribution in [0.25, 0.3) is 53.9 Å². The Kier molecular flexibility index (Phi) is 8.69. The molecule has 0 spiro atoms. The number of carbonyl (C=O) groups is 1. The van der Waals surface area contributed by atoms with Gasteiger partial charge in [-0.1, -0.05) is 34.7 Å². The number of thiophene rings is 1. The fraction of sp³-hybridized carbons (Fsp3) is 0.182. The molecule has 0 atom stereocenters.